The Hall–Kier alpha value is -2.08. The minimum Gasteiger partial charge on any atom is -0.465 e. The van der Waals surface area contributed by atoms with Crippen molar-refractivity contribution in [1.82, 2.24) is 5.32 Å². The van der Waals surface area contributed by atoms with E-state index in [9.17, 15) is 9.59 Å². The van der Waals surface area contributed by atoms with E-state index in [-0.39, 0.29) is 19.6 Å². The summed E-state index contributed by atoms with van der Waals surface area (Å²) in [7, 11) is 0. The number of ether oxygens (including phenoxy) is 1. The first-order valence-electron chi connectivity index (χ1n) is 5.44. The van der Waals surface area contributed by atoms with Gasteiger partial charge < -0.3 is 20.3 Å². The molecular formula is C12H15NO5. The van der Waals surface area contributed by atoms with E-state index in [1.807, 2.05) is 23.5 Å². The number of nitrogens with one attached hydrogen (secondary N) is 1. The molecule has 0 saturated carbocycles. The summed E-state index contributed by atoms with van der Waals surface area (Å²) < 4.78 is 4.97. The van der Waals surface area contributed by atoms with Crippen molar-refractivity contribution < 1.29 is 24.5 Å². The quantitative estimate of drug-likeness (QED) is 0.650. The van der Waals surface area contributed by atoms with E-state index < -0.39 is 18.1 Å². The summed E-state index contributed by atoms with van der Waals surface area (Å²) in [5.74, 6) is -0.699. The fourth-order valence-corrected chi connectivity index (χ4v) is 1.36. The third kappa shape index (κ3) is 4.84. The zero-order chi connectivity index (χ0) is 13.4. The summed E-state index contributed by atoms with van der Waals surface area (Å²) in [5, 5.41) is 19.3. The Bertz CT molecular complexity index is 393. The fraction of sp³-hybridized carbons (Fsp3) is 0.333. The predicted molar refractivity (Wildman–Crippen MR) is 62.9 cm³/mol. The average Bonchev–Trinajstić information content (AvgIpc) is 2.36. The number of rotatable bonds is 6. The van der Waals surface area contributed by atoms with Gasteiger partial charge in [0.2, 0.25) is 0 Å². The Morgan fingerprint density at radius 1 is 1.28 bits per heavy atom. The van der Waals surface area contributed by atoms with Crippen molar-refractivity contribution in [3.63, 3.8) is 0 Å². The van der Waals surface area contributed by atoms with Crippen molar-refractivity contribution in [2.24, 2.45) is 0 Å². The van der Waals surface area contributed by atoms with E-state index in [0.717, 1.165) is 5.56 Å². The SMILES string of the molecule is O=C(O)N[C@@H](CCO)C(=O)OCc1ccccc1. The maximum atomic E-state index is 11.6. The number of benzene rings is 1. The molecule has 0 aromatic heterocycles. The molecule has 1 amide bonds. The highest BCUT2D eigenvalue weighted by molar-refractivity contribution is 5.80. The van der Waals surface area contributed by atoms with Gasteiger partial charge in [-0.2, -0.15) is 0 Å². The molecule has 1 atom stereocenters. The fourth-order valence-electron chi connectivity index (χ4n) is 1.36. The molecule has 0 radical (unpaired) electrons. The molecule has 0 fully saturated rings. The number of carbonyl (C=O) groups is 2. The van der Waals surface area contributed by atoms with Crippen molar-refractivity contribution in [1.29, 1.82) is 0 Å². The number of amides is 1. The van der Waals surface area contributed by atoms with Crippen molar-refractivity contribution >= 4 is 12.1 Å². The van der Waals surface area contributed by atoms with Crippen LogP contribution < -0.4 is 5.32 Å². The third-order valence-corrected chi connectivity index (χ3v) is 2.22. The van der Waals surface area contributed by atoms with E-state index in [1.54, 1.807) is 12.1 Å². The first kappa shape index (κ1) is 14.0. The molecule has 0 aliphatic carbocycles. The smallest absolute Gasteiger partial charge is 0.405 e. The lowest BCUT2D eigenvalue weighted by Gasteiger charge is -2.14. The molecule has 0 aliphatic rings. The number of aliphatic hydroxyl groups is 1. The van der Waals surface area contributed by atoms with Crippen LogP contribution in [0, 0.1) is 0 Å². The summed E-state index contributed by atoms with van der Waals surface area (Å²) in [5.41, 5.74) is 0.809. The highest BCUT2D eigenvalue weighted by atomic mass is 16.5. The van der Waals surface area contributed by atoms with Crippen molar-refractivity contribution in [2.45, 2.75) is 19.1 Å². The Kier molecular flexibility index (Phi) is 5.66. The second-order valence-corrected chi connectivity index (χ2v) is 3.61. The highest BCUT2D eigenvalue weighted by Crippen LogP contribution is 2.03. The minimum absolute atomic E-state index is 0.0140. The number of carbonyl (C=O) groups excluding carboxylic acids is 1. The van der Waals surface area contributed by atoms with Crippen molar-refractivity contribution in [2.75, 3.05) is 6.61 Å². The molecule has 0 bridgehead atoms. The highest BCUT2D eigenvalue weighted by Gasteiger charge is 2.21. The van der Waals surface area contributed by atoms with Gasteiger partial charge in [-0.15, -0.1) is 0 Å². The van der Waals surface area contributed by atoms with Gasteiger partial charge in [-0.25, -0.2) is 9.59 Å². The second-order valence-electron chi connectivity index (χ2n) is 3.61. The zero-order valence-corrected chi connectivity index (χ0v) is 9.70. The van der Waals surface area contributed by atoms with Crippen LogP contribution in [-0.2, 0) is 16.1 Å². The summed E-state index contributed by atoms with van der Waals surface area (Å²) >= 11 is 0. The molecule has 1 aromatic rings. The number of hydrogen-bond donors (Lipinski definition) is 3. The van der Waals surface area contributed by atoms with Gasteiger partial charge in [0.15, 0.2) is 0 Å². The van der Waals surface area contributed by atoms with E-state index in [1.165, 1.54) is 0 Å². The largest absolute Gasteiger partial charge is 0.465 e. The molecule has 1 aromatic carbocycles. The summed E-state index contributed by atoms with van der Waals surface area (Å²) in [4.78, 5) is 22.0. The van der Waals surface area contributed by atoms with Gasteiger partial charge in [0.1, 0.15) is 12.6 Å². The van der Waals surface area contributed by atoms with Gasteiger partial charge in [-0.05, 0) is 5.56 Å². The lowest BCUT2D eigenvalue weighted by Crippen LogP contribution is -2.41. The lowest BCUT2D eigenvalue weighted by atomic mass is 10.2. The van der Waals surface area contributed by atoms with Crippen molar-refractivity contribution in [3.8, 4) is 0 Å². The minimum atomic E-state index is -1.33. The molecule has 0 aliphatic heterocycles. The van der Waals surface area contributed by atoms with Crippen LogP contribution in [0.15, 0.2) is 30.3 Å². The number of esters is 1. The van der Waals surface area contributed by atoms with Gasteiger partial charge in [0.25, 0.3) is 0 Å². The second kappa shape index (κ2) is 7.29. The van der Waals surface area contributed by atoms with Gasteiger partial charge in [-0.3, -0.25) is 0 Å². The number of carboxylic acid groups (broad SMARTS) is 1. The van der Waals surface area contributed by atoms with Crippen molar-refractivity contribution in [3.05, 3.63) is 35.9 Å². The molecule has 0 spiro atoms. The normalized spacial score (nSPS) is 11.6. The average molecular weight is 253 g/mol. The van der Waals surface area contributed by atoms with Crippen LogP contribution in [0.3, 0.4) is 0 Å². The maximum absolute atomic E-state index is 11.6. The third-order valence-electron chi connectivity index (χ3n) is 2.22. The van der Waals surface area contributed by atoms with Crippen LogP contribution in [0.25, 0.3) is 0 Å². The first-order valence-corrected chi connectivity index (χ1v) is 5.44. The van der Waals surface area contributed by atoms with Crippen LogP contribution in [0.2, 0.25) is 0 Å². The topological polar surface area (TPSA) is 95.9 Å². The Balaban J connectivity index is 2.48. The Labute approximate surface area is 104 Å². The Morgan fingerprint density at radius 2 is 1.94 bits per heavy atom. The van der Waals surface area contributed by atoms with Crippen LogP contribution in [-0.4, -0.2) is 34.9 Å². The Morgan fingerprint density at radius 3 is 2.50 bits per heavy atom. The van der Waals surface area contributed by atoms with Crippen LogP contribution in [0.5, 0.6) is 0 Å². The molecule has 0 heterocycles. The van der Waals surface area contributed by atoms with E-state index in [4.69, 9.17) is 14.9 Å². The summed E-state index contributed by atoms with van der Waals surface area (Å²) in [6.45, 7) is -0.228. The molecule has 6 nitrogen and oxygen atoms in total. The molecule has 1 rings (SSSR count). The standard InChI is InChI=1S/C12H15NO5/c14-7-6-10(13-12(16)17)11(15)18-8-9-4-2-1-3-5-9/h1-5,10,13-14H,6-8H2,(H,16,17)/t10-/m0/s1. The van der Waals surface area contributed by atoms with Crippen LogP contribution in [0.1, 0.15) is 12.0 Å². The molecule has 0 saturated heterocycles. The van der Waals surface area contributed by atoms with Gasteiger partial charge >= 0.3 is 12.1 Å². The van der Waals surface area contributed by atoms with E-state index in [0.29, 0.717) is 0 Å². The summed E-state index contributed by atoms with van der Waals surface area (Å²) in [6.07, 6.45) is -1.34. The maximum Gasteiger partial charge on any atom is 0.405 e. The predicted octanol–water partition coefficient (Wildman–Crippen LogP) is 0.748. The lowest BCUT2D eigenvalue weighted by molar-refractivity contribution is -0.147. The van der Waals surface area contributed by atoms with Crippen LogP contribution >= 0.6 is 0 Å². The monoisotopic (exact) mass is 253 g/mol. The van der Waals surface area contributed by atoms with Gasteiger partial charge in [0, 0.05) is 13.0 Å². The first-order chi connectivity index (χ1) is 8.63. The van der Waals surface area contributed by atoms with E-state index in [2.05, 4.69) is 0 Å². The van der Waals surface area contributed by atoms with Crippen LogP contribution in [0.4, 0.5) is 4.79 Å². The van der Waals surface area contributed by atoms with Gasteiger partial charge in [0.05, 0.1) is 0 Å². The molecular weight excluding hydrogens is 238 g/mol. The zero-order valence-electron chi connectivity index (χ0n) is 9.70. The molecule has 18 heavy (non-hydrogen) atoms. The molecule has 0 unspecified atom stereocenters. The number of hydrogen-bond acceptors (Lipinski definition) is 4. The van der Waals surface area contributed by atoms with Gasteiger partial charge in [-0.1, -0.05) is 30.3 Å². The molecule has 98 valence electrons. The number of aliphatic hydroxyl groups excluding tert-OH is 1. The molecule has 3 N–H and O–H groups in total. The molecule has 6 heteroatoms. The summed E-state index contributed by atoms with van der Waals surface area (Å²) in [6, 6.07) is 7.99. The van der Waals surface area contributed by atoms with E-state index >= 15 is 0 Å².